The summed E-state index contributed by atoms with van der Waals surface area (Å²) < 4.78 is 10.8. The molecule has 0 atom stereocenters. The third-order valence-corrected chi connectivity index (χ3v) is 4.21. The SMILES string of the molecule is CCc1ccc(C(=O)NNC(=O)c2c(C)oc3ccc(OC)cc23)cc1. The highest BCUT2D eigenvalue weighted by Gasteiger charge is 2.19. The lowest BCUT2D eigenvalue weighted by molar-refractivity contribution is 0.0846. The van der Waals surface area contributed by atoms with Gasteiger partial charge in [0.2, 0.25) is 0 Å². The predicted molar refractivity (Wildman–Crippen MR) is 98.3 cm³/mol. The van der Waals surface area contributed by atoms with E-state index in [0.29, 0.717) is 33.6 Å². The molecule has 0 aliphatic carbocycles. The number of ether oxygens (including phenoxy) is 1. The first kappa shape index (κ1) is 17.5. The maximum absolute atomic E-state index is 12.5. The van der Waals surface area contributed by atoms with Crippen molar-refractivity contribution in [2.24, 2.45) is 0 Å². The van der Waals surface area contributed by atoms with Gasteiger partial charge in [-0.05, 0) is 49.2 Å². The highest BCUT2D eigenvalue weighted by Crippen LogP contribution is 2.28. The van der Waals surface area contributed by atoms with Crippen LogP contribution in [-0.4, -0.2) is 18.9 Å². The van der Waals surface area contributed by atoms with E-state index in [1.807, 2.05) is 19.1 Å². The van der Waals surface area contributed by atoms with Crippen LogP contribution in [0.25, 0.3) is 11.0 Å². The second-order valence-corrected chi connectivity index (χ2v) is 5.85. The summed E-state index contributed by atoms with van der Waals surface area (Å²) in [6.07, 6.45) is 0.898. The molecule has 0 aliphatic rings. The van der Waals surface area contributed by atoms with Crippen molar-refractivity contribution < 1.29 is 18.7 Å². The number of aryl methyl sites for hydroxylation is 2. The van der Waals surface area contributed by atoms with Crippen LogP contribution in [-0.2, 0) is 6.42 Å². The van der Waals surface area contributed by atoms with Crippen LogP contribution in [0.2, 0.25) is 0 Å². The summed E-state index contributed by atoms with van der Waals surface area (Å²) in [6, 6.07) is 12.5. The molecule has 3 rings (SSSR count). The van der Waals surface area contributed by atoms with E-state index < -0.39 is 5.91 Å². The molecule has 0 fully saturated rings. The standard InChI is InChI=1S/C20H20N2O4/c1-4-13-5-7-14(8-6-13)19(23)21-22-20(24)18-12(2)26-17-10-9-15(25-3)11-16(17)18/h5-11H,4H2,1-3H3,(H,21,23)(H,22,24). The van der Waals surface area contributed by atoms with Crippen molar-refractivity contribution in [3.63, 3.8) is 0 Å². The normalized spacial score (nSPS) is 10.6. The van der Waals surface area contributed by atoms with Crippen molar-refractivity contribution in [1.29, 1.82) is 0 Å². The summed E-state index contributed by atoms with van der Waals surface area (Å²) >= 11 is 0. The Bertz CT molecular complexity index is 958. The fraction of sp³-hybridized carbons (Fsp3) is 0.200. The molecule has 0 unspecified atom stereocenters. The zero-order valence-corrected chi connectivity index (χ0v) is 14.9. The van der Waals surface area contributed by atoms with E-state index in [2.05, 4.69) is 10.9 Å². The van der Waals surface area contributed by atoms with Crippen LogP contribution in [0.5, 0.6) is 5.75 Å². The molecule has 134 valence electrons. The van der Waals surface area contributed by atoms with Crippen LogP contribution in [0.15, 0.2) is 46.9 Å². The van der Waals surface area contributed by atoms with E-state index >= 15 is 0 Å². The maximum atomic E-state index is 12.5. The summed E-state index contributed by atoms with van der Waals surface area (Å²) in [6.45, 7) is 3.74. The van der Waals surface area contributed by atoms with Gasteiger partial charge >= 0.3 is 0 Å². The highest BCUT2D eigenvalue weighted by molar-refractivity contribution is 6.08. The highest BCUT2D eigenvalue weighted by atomic mass is 16.5. The molecule has 0 aliphatic heterocycles. The number of rotatable bonds is 4. The van der Waals surface area contributed by atoms with Crippen molar-refractivity contribution in [2.75, 3.05) is 7.11 Å². The number of amides is 2. The predicted octanol–water partition coefficient (Wildman–Crippen LogP) is 3.39. The second kappa shape index (κ2) is 7.31. The Morgan fingerprint density at radius 1 is 1.04 bits per heavy atom. The first-order chi connectivity index (χ1) is 12.5. The van der Waals surface area contributed by atoms with E-state index in [0.717, 1.165) is 12.0 Å². The summed E-state index contributed by atoms with van der Waals surface area (Å²) in [5, 5.41) is 0.626. The van der Waals surface area contributed by atoms with Crippen LogP contribution in [0, 0.1) is 6.92 Å². The lowest BCUT2D eigenvalue weighted by Crippen LogP contribution is -2.41. The molecule has 6 nitrogen and oxygen atoms in total. The zero-order valence-electron chi connectivity index (χ0n) is 14.9. The average molecular weight is 352 g/mol. The minimum atomic E-state index is -0.451. The maximum Gasteiger partial charge on any atom is 0.273 e. The molecule has 0 saturated carbocycles. The minimum absolute atomic E-state index is 0.362. The van der Waals surface area contributed by atoms with Crippen molar-refractivity contribution in [3.8, 4) is 5.75 Å². The minimum Gasteiger partial charge on any atom is -0.497 e. The van der Waals surface area contributed by atoms with Crippen LogP contribution in [0.4, 0.5) is 0 Å². The van der Waals surface area contributed by atoms with Gasteiger partial charge in [0, 0.05) is 10.9 Å². The van der Waals surface area contributed by atoms with Crippen LogP contribution >= 0.6 is 0 Å². The van der Waals surface area contributed by atoms with E-state index in [1.54, 1.807) is 44.4 Å². The Kier molecular flexibility index (Phi) is 4.93. The summed E-state index contributed by atoms with van der Waals surface area (Å²) in [5.41, 5.74) is 7.43. The molecule has 0 radical (unpaired) electrons. The van der Waals surface area contributed by atoms with Crippen molar-refractivity contribution in [3.05, 3.63) is 64.9 Å². The summed E-state index contributed by atoms with van der Waals surface area (Å²) in [4.78, 5) is 24.7. The number of hydrogen-bond acceptors (Lipinski definition) is 4. The summed E-state index contributed by atoms with van der Waals surface area (Å²) in [7, 11) is 1.55. The molecular formula is C20H20N2O4. The van der Waals surface area contributed by atoms with Gasteiger partial charge in [-0.3, -0.25) is 20.4 Å². The van der Waals surface area contributed by atoms with Gasteiger partial charge in [-0.1, -0.05) is 19.1 Å². The molecule has 0 saturated heterocycles. The lowest BCUT2D eigenvalue weighted by Gasteiger charge is -2.08. The smallest absolute Gasteiger partial charge is 0.273 e. The van der Waals surface area contributed by atoms with Gasteiger partial charge in [-0.25, -0.2) is 0 Å². The average Bonchev–Trinajstić information content (AvgIpc) is 3.00. The zero-order chi connectivity index (χ0) is 18.7. The Labute approximate surface area is 151 Å². The molecule has 26 heavy (non-hydrogen) atoms. The van der Waals surface area contributed by atoms with E-state index in [4.69, 9.17) is 9.15 Å². The Balaban J connectivity index is 1.76. The molecule has 0 bridgehead atoms. The van der Waals surface area contributed by atoms with Crippen molar-refractivity contribution in [1.82, 2.24) is 10.9 Å². The molecular weight excluding hydrogens is 332 g/mol. The Hall–Kier alpha value is -3.28. The Morgan fingerprint density at radius 3 is 2.38 bits per heavy atom. The van der Waals surface area contributed by atoms with Crippen LogP contribution < -0.4 is 15.6 Å². The van der Waals surface area contributed by atoms with E-state index in [1.165, 1.54) is 0 Å². The number of benzene rings is 2. The number of methoxy groups -OCH3 is 1. The molecule has 0 spiro atoms. The fourth-order valence-corrected chi connectivity index (χ4v) is 2.75. The lowest BCUT2D eigenvalue weighted by atomic mass is 10.1. The topological polar surface area (TPSA) is 80.6 Å². The molecule has 2 amide bonds. The summed E-state index contributed by atoms with van der Waals surface area (Å²) in [5.74, 6) is 0.247. The number of nitrogens with one attached hydrogen (secondary N) is 2. The quantitative estimate of drug-likeness (QED) is 0.705. The van der Waals surface area contributed by atoms with Crippen molar-refractivity contribution in [2.45, 2.75) is 20.3 Å². The van der Waals surface area contributed by atoms with Gasteiger partial charge in [0.25, 0.3) is 11.8 Å². The molecule has 3 aromatic rings. The fourth-order valence-electron chi connectivity index (χ4n) is 2.75. The number of hydrogen-bond donors (Lipinski definition) is 2. The Morgan fingerprint density at radius 2 is 1.73 bits per heavy atom. The third kappa shape index (κ3) is 3.39. The third-order valence-electron chi connectivity index (χ3n) is 4.21. The number of carbonyl (C=O) groups excluding carboxylic acids is 2. The molecule has 2 N–H and O–H groups in total. The first-order valence-electron chi connectivity index (χ1n) is 8.30. The molecule has 2 aromatic carbocycles. The van der Waals surface area contributed by atoms with Crippen LogP contribution in [0.1, 0.15) is 39.0 Å². The van der Waals surface area contributed by atoms with Gasteiger partial charge in [0.15, 0.2) is 0 Å². The number of fused-ring (bicyclic) bond motifs is 1. The monoisotopic (exact) mass is 352 g/mol. The first-order valence-corrected chi connectivity index (χ1v) is 8.30. The number of carbonyl (C=O) groups is 2. The van der Waals surface area contributed by atoms with Crippen molar-refractivity contribution >= 4 is 22.8 Å². The number of hydrazine groups is 1. The van der Waals surface area contributed by atoms with E-state index in [9.17, 15) is 9.59 Å². The van der Waals surface area contributed by atoms with Gasteiger partial charge < -0.3 is 9.15 Å². The largest absolute Gasteiger partial charge is 0.497 e. The van der Waals surface area contributed by atoms with Gasteiger partial charge in [0.1, 0.15) is 17.1 Å². The van der Waals surface area contributed by atoms with E-state index in [-0.39, 0.29) is 5.91 Å². The second-order valence-electron chi connectivity index (χ2n) is 5.85. The molecule has 6 heteroatoms. The van der Waals surface area contributed by atoms with Gasteiger partial charge in [-0.2, -0.15) is 0 Å². The molecule has 1 heterocycles. The van der Waals surface area contributed by atoms with Gasteiger partial charge in [0.05, 0.1) is 12.7 Å². The number of furan rings is 1. The van der Waals surface area contributed by atoms with Crippen LogP contribution in [0.3, 0.4) is 0 Å². The molecule has 1 aromatic heterocycles. The van der Waals surface area contributed by atoms with Gasteiger partial charge in [-0.15, -0.1) is 0 Å².